The molecule has 168 valence electrons. The third-order valence-corrected chi connectivity index (χ3v) is 6.26. The molecule has 6 rings (SSSR count). The van der Waals surface area contributed by atoms with Crippen LogP contribution in [0, 0.1) is 46.5 Å². The first-order chi connectivity index (χ1) is 16.2. The summed E-state index contributed by atoms with van der Waals surface area (Å²) in [5.74, 6) is -13.8. The zero-order valence-corrected chi connectivity index (χ0v) is 16.6. The average molecular weight is 472 g/mol. The number of rotatable bonds is 0. The van der Waals surface area contributed by atoms with Gasteiger partial charge < -0.3 is 0 Å². The first-order valence-corrected chi connectivity index (χ1v) is 9.90. The first-order valence-electron chi connectivity index (χ1n) is 9.90. The van der Waals surface area contributed by atoms with Crippen molar-refractivity contribution in [1.29, 1.82) is 0 Å². The van der Waals surface area contributed by atoms with E-state index < -0.39 is 68.1 Å². The van der Waals surface area contributed by atoms with E-state index in [4.69, 9.17) is 0 Å². The van der Waals surface area contributed by atoms with Crippen LogP contribution < -0.4 is 0 Å². The predicted octanol–water partition coefficient (Wildman–Crippen LogP) is 8.57. The second-order valence-electron chi connectivity index (χ2n) is 7.90. The normalized spacial score (nSPS) is 12.1. The van der Waals surface area contributed by atoms with E-state index in [9.17, 15) is 35.1 Å². The van der Waals surface area contributed by atoms with Crippen LogP contribution in [0.3, 0.4) is 0 Å². The van der Waals surface area contributed by atoms with E-state index >= 15 is 0 Å². The average Bonchev–Trinajstić information content (AvgIpc) is 2.86. The van der Waals surface area contributed by atoms with E-state index in [-0.39, 0.29) is 10.8 Å². The van der Waals surface area contributed by atoms with Gasteiger partial charge in [-0.3, -0.25) is 0 Å². The molecule has 0 nitrogen and oxygen atoms in total. The lowest BCUT2D eigenvalue weighted by atomic mass is 9.92. The van der Waals surface area contributed by atoms with Crippen LogP contribution in [-0.2, 0) is 0 Å². The van der Waals surface area contributed by atoms with Crippen molar-refractivity contribution in [2.24, 2.45) is 0 Å². The molecule has 0 aliphatic rings. The van der Waals surface area contributed by atoms with E-state index in [0.717, 1.165) is 12.1 Å². The van der Waals surface area contributed by atoms with Gasteiger partial charge in [-0.05, 0) is 32.3 Å². The third-order valence-electron chi connectivity index (χ3n) is 6.26. The number of fused-ring (bicyclic) bond motifs is 9. The Hall–Kier alpha value is -3.94. The molecule has 0 bridgehead atoms. The second kappa shape index (κ2) is 6.79. The molecule has 0 aliphatic heterocycles. The zero-order chi connectivity index (χ0) is 24.0. The Bertz CT molecular complexity index is 1750. The maximum Gasteiger partial charge on any atom is 0.198 e. The van der Waals surface area contributed by atoms with Gasteiger partial charge in [0.05, 0.1) is 0 Å². The van der Waals surface area contributed by atoms with Crippen molar-refractivity contribution < 1.29 is 35.1 Å². The molecule has 0 atom stereocenters. The molecule has 0 spiro atoms. The largest absolute Gasteiger partial charge is 0.203 e. The number of halogens is 8. The Morgan fingerprint density at radius 1 is 0.235 bits per heavy atom. The SMILES string of the molecule is Fc1c(F)c(F)c2c(ccc3c4ccc5c(ccc6c(F)c(F)c(F)c(F)c65)c4ccc32)c1F. The van der Waals surface area contributed by atoms with Gasteiger partial charge in [0, 0.05) is 21.5 Å². The molecule has 6 aromatic rings. The van der Waals surface area contributed by atoms with Crippen molar-refractivity contribution in [3.8, 4) is 0 Å². The van der Waals surface area contributed by atoms with Crippen molar-refractivity contribution in [3.05, 3.63) is 95.1 Å². The van der Waals surface area contributed by atoms with Gasteiger partial charge in [-0.25, -0.2) is 35.1 Å². The van der Waals surface area contributed by atoms with Gasteiger partial charge in [-0.2, -0.15) is 0 Å². The molecule has 0 saturated carbocycles. The van der Waals surface area contributed by atoms with Gasteiger partial charge in [0.1, 0.15) is 0 Å². The minimum Gasteiger partial charge on any atom is -0.203 e. The lowest BCUT2D eigenvalue weighted by molar-refractivity contribution is 0.418. The molecule has 0 N–H and O–H groups in total. The summed E-state index contributed by atoms with van der Waals surface area (Å²) in [6, 6.07) is 10.7. The van der Waals surface area contributed by atoms with Crippen LogP contribution in [0.2, 0.25) is 0 Å². The van der Waals surface area contributed by atoms with E-state index in [1.807, 2.05) is 0 Å². The van der Waals surface area contributed by atoms with Gasteiger partial charge in [-0.1, -0.05) is 48.5 Å². The van der Waals surface area contributed by atoms with Crippen LogP contribution in [0.15, 0.2) is 48.5 Å². The maximum absolute atomic E-state index is 14.6. The molecular formula is C26H8F8. The summed E-state index contributed by atoms with van der Waals surface area (Å²) < 4.78 is 113. The van der Waals surface area contributed by atoms with Gasteiger partial charge in [-0.15, -0.1) is 0 Å². The fourth-order valence-electron chi connectivity index (χ4n) is 4.72. The van der Waals surface area contributed by atoms with Crippen LogP contribution >= 0.6 is 0 Å². The Balaban J connectivity index is 1.79. The van der Waals surface area contributed by atoms with E-state index in [2.05, 4.69) is 0 Å². The Labute approximate surface area is 184 Å². The maximum atomic E-state index is 14.6. The molecule has 8 heteroatoms. The molecule has 34 heavy (non-hydrogen) atoms. The highest BCUT2D eigenvalue weighted by Crippen LogP contribution is 2.40. The number of hydrogen-bond acceptors (Lipinski definition) is 0. The monoisotopic (exact) mass is 472 g/mol. The highest BCUT2D eigenvalue weighted by Gasteiger charge is 2.24. The van der Waals surface area contributed by atoms with Crippen LogP contribution in [0.1, 0.15) is 0 Å². The third kappa shape index (κ3) is 2.42. The van der Waals surface area contributed by atoms with E-state index in [1.54, 1.807) is 0 Å². The predicted molar refractivity (Wildman–Crippen MR) is 114 cm³/mol. The molecule has 0 amide bonds. The smallest absolute Gasteiger partial charge is 0.198 e. The van der Waals surface area contributed by atoms with Crippen molar-refractivity contribution in [2.75, 3.05) is 0 Å². The Morgan fingerprint density at radius 3 is 0.824 bits per heavy atom. The van der Waals surface area contributed by atoms with Gasteiger partial charge in [0.25, 0.3) is 0 Å². The van der Waals surface area contributed by atoms with E-state index in [0.29, 0.717) is 21.5 Å². The highest BCUT2D eigenvalue weighted by molar-refractivity contribution is 6.25. The minimum absolute atomic E-state index is 0.103. The summed E-state index contributed by atoms with van der Waals surface area (Å²) in [5, 5.41) is 0.0619. The summed E-state index contributed by atoms with van der Waals surface area (Å²) in [4.78, 5) is 0. The Morgan fingerprint density at radius 2 is 0.471 bits per heavy atom. The minimum atomic E-state index is -1.94. The quantitative estimate of drug-likeness (QED) is 0.0899. The summed E-state index contributed by atoms with van der Waals surface area (Å²) in [7, 11) is 0. The molecule has 0 fully saturated rings. The topological polar surface area (TPSA) is 0 Å². The fraction of sp³-hybridized carbons (Fsp3) is 0. The van der Waals surface area contributed by atoms with Gasteiger partial charge in [0.2, 0.25) is 0 Å². The number of benzene rings is 6. The van der Waals surface area contributed by atoms with Crippen LogP contribution in [0.4, 0.5) is 35.1 Å². The summed E-state index contributed by atoms with van der Waals surface area (Å²) >= 11 is 0. The lowest BCUT2D eigenvalue weighted by Crippen LogP contribution is -1.99. The van der Waals surface area contributed by atoms with Crippen LogP contribution in [-0.4, -0.2) is 0 Å². The first kappa shape index (κ1) is 20.7. The molecule has 0 aromatic heterocycles. The van der Waals surface area contributed by atoms with Gasteiger partial charge in [0.15, 0.2) is 46.5 Å². The molecule has 0 aliphatic carbocycles. The molecule has 0 radical (unpaired) electrons. The molecule has 0 unspecified atom stereocenters. The van der Waals surface area contributed by atoms with Crippen LogP contribution in [0.5, 0.6) is 0 Å². The highest BCUT2D eigenvalue weighted by atomic mass is 19.2. The lowest BCUT2D eigenvalue weighted by Gasteiger charge is -2.13. The molecule has 6 aromatic carbocycles. The number of hydrogen-bond donors (Lipinski definition) is 0. The summed E-state index contributed by atoms with van der Waals surface area (Å²) in [6.45, 7) is 0. The fourth-order valence-corrected chi connectivity index (χ4v) is 4.72. The van der Waals surface area contributed by atoms with Crippen molar-refractivity contribution in [3.63, 3.8) is 0 Å². The standard InChI is InChI=1S/C26H8F8/c27-19-15-8-4-12-10-2-6-14-11(3-7-16-18(14)22(30)26(34)24(32)20(16)28)9(10)1-5-13(12)17(15)21(29)25(33)23(19)31/h1-8H. The van der Waals surface area contributed by atoms with Crippen molar-refractivity contribution in [2.45, 2.75) is 0 Å². The van der Waals surface area contributed by atoms with Crippen LogP contribution in [0.25, 0.3) is 53.9 Å². The Kier molecular flexibility index (Phi) is 4.12. The molecule has 0 heterocycles. The van der Waals surface area contributed by atoms with Crippen molar-refractivity contribution in [1.82, 2.24) is 0 Å². The van der Waals surface area contributed by atoms with Gasteiger partial charge >= 0.3 is 0 Å². The molecule has 0 saturated heterocycles. The zero-order valence-electron chi connectivity index (χ0n) is 16.6. The summed E-state index contributed by atoms with van der Waals surface area (Å²) in [5.41, 5.74) is 0. The van der Waals surface area contributed by atoms with Crippen molar-refractivity contribution >= 4 is 53.9 Å². The van der Waals surface area contributed by atoms with E-state index in [1.165, 1.54) is 36.4 Å². The summed E-state index contributed by atoms with van der Waals surface area (Å²) in [6.07, 6.45) is 0. The second-order valence-corrected chi connectivity index (χ2v) is 7.90. The molecular weight excluding hydrogens is 464 g/mol.